The van der Waals surface area contributed by atoms with Gasteiger partial charge in [-0.05, 0) is 24.1 Å². The van der Waals surface area contributed by atoms with E-state index in [9.17, 15) is 4.39 Å². The topological polar surface area (TPSA) is 46.2 Å². The Morgan fingerprint density at radius 3 is 2.77 bits per heavy atom. The van der Waals surface area contributed by atoms with Crippen molar-refractivity contribution in [1.82, 2.24) is 0 Å². The molecule has 72 valence electrons. The Bertz CT molecular complexity index is 293. The summed E-state index contributed by atoms with van der Waals surface area (Å²) in [4.78, 5) is 0. The molecular formula is C9H11ClFNO. The molecule has 0 radical (unpaired) electrons. The molecule has 0 aliphatic rings. The Kier molecular flexibility index (Phi) is 3.66. The van der Waals surface area contributed by atoms with Crippen molar-refractivity contribution in [3.8, 4) is 0 Å². The van der Waals surface area contributed by atoms with Gasteiger partial charge in [-0.1, -0.05) is 17.7 Å². The molecule has 0 fully saturated rings. The summed E-state index contributed by atoms with van der Waals surface area (Å²) < 4.78 is 12.7. The number of halogens is 2. The van der Waals surface area contributed by atoms with Crippen LogP contribution in [0.2, 0.25) is 5.02 Å². The predicted octanol–water partition coefficient (Wildman–Crippen LogP) is 1.86. The number of hydrogen-bond donors (Lipinski definition) is 2. The van der Waals surface area contributed by atoms with E-state index in [2.05, 4.69) is 0 Å². The van der Waals surface area contributed by atoms with Crippen LogP contribution in [0.1, 0.15) is 18.0 Å². The van der Waals surface area contributed by atoms with Crippen LogP contribution in [-0.2, 0) is 0 Å². The quantitative estimate of drug-likeness (QED) is 0.788. The van der Waals surface area contributed by atoms with E-state index in [1.165, 1.54) is 12.1 Å². The standard InChI is InChI=1S/C9H11ClFNO/c10-7-5-6(1-2-8(7)11)9(12)3-4-13/h1-2,5,9,13H,3-4,12H2. The van der Waals surface area contributed by atoms with Crippen LogP contribution < -0.4 is 5.73 Å². The first-order valence-corrected chi connectivity index (χ1v) is 4.34. The molecule has 0 bridgehead atoms. The van der Waals surface area contributed by atoms with Crippen molar-refractivity contribution in [2.45, 2.75) is 12.5 Å². The summed E-state index contributed by atoms with van der Waals surface area (Å²) in [7, 11) is 0. The highest BCUT2D eigenvalue weighted by molar-refractivity contribution is 6.30. The molecule has 1 unspecified atom stereocenters. The zero-order valence-electron chi connectivity index (χ0n) is 7.00. The molecule has 4 heteroatoms. The van der Waals surface area contributed by atoms with Crippen molar-refractivity contribution in [2.75, 3.05) is 6.61 Å². The van der Waals surface area contributed by atoms with Crippen LogP contribution in [0, 0.1) is 5.82 Å². The lowest BCUT2D eigenvalue weighted by Gasteiger charge is -2.10. The highest BCUT2D eigenvalue weighted by atomic mass is 35.5. The highest BCUT2D eigenvalue weighted by Crippen LogP contribution is 2.20. The molecule has 1 aromatic carbocycles. The molecule has 2 nitrogen and oxygen atoms in total. The third-order valence-corrected chi connectivity index (χ3v) is 2.10. The zero-order chi connectivity index (χ0) is 9.84. The summed E-state index contributed by atoms with van der Waals surface area (Å²) in [5, 5.41) is 8.70. The fourth-order valence-corrected chi connectivity index (χ4v) is 1.24. The Balaban J connectivity index is 2.84. The largest absolute Gasteiger partial charge is 0.396 e. The van der Waals surface area contributed by atoms with Gasteiger partial charge in [0, 0.05) is 12.6 Å². The maximum absolute atomic E-state index is 12.7. The normalized spacial score (nSPS) is 12.9. The van der Waals surface area contributed by atoms with Crippen molar-refractivity contribution in [1.29, 1.82) is 0 Å². The second-order valence-corrected chi connectivity index (χ2v) is 3.20. The van der Waals surface area contributed by atoms with E-state index in [0.29, 0.717) is 6.42 Å². The van der Waals surface area contributed by atoms with E-state index in [0.717, 1.165) is 5.56 Å². The van der Waals surface area contributed by atoms with Gasteiger partial charge >= 0.3 is 0 Å². The van der Waals surface area contributed by atoms with E-state index in [1.807, 2.05) is 0 Å². The highest BCUT2D eigenvalue weighted by Gasteiger charge is 2.07. The van der Waals surface area contributed by atoms with E-state index in [-0.39, 0.29) is 17.7 Å². The molecule has 13 heavy (non-hydrogen) atoms. The number of rotatable bonds is 3. The van der Waals surface area contributed by atoms with Crippen molar-refractivity contribution in [3.63, 3.8) is 0 Å². The molecule has 0 saturated carbocycles. The lowest BCUT2D eigenvalue weighted by atomic mass is 10.1. The molecule has 3 N–H and O–H groups in total. The minimum atomic E-state index is -0.457. The molecule has 0 amide bonds. The molecular weight excluding hydrogens is 193 g/mol. The van der Waals surface area contributed by atoms with Crippen LogP contribution in [0.15, 0.2) is 18.2 Å². The van der Waals surface area contributed by atoms with Gasteiger partial charge in [0.15, 0.2) is 0 Å². The maximum atomic E-state index is 12.7. The molecule has 0 aliphatic carbocycles. The van der Waals surface area contributed by atoms with Gasteiger partial charge < -0.3 is 10.8 Å². The first kappa shape index (κ1) is 10.4. The van der Waals surface area contributed by atoms with Crippen LogP contribution in [0.3, 0.4) is 0 Å². The van der Waals surface area contributed by atoms with Crippen LogP contribution >= 0.6 is 11.6 Å². The minimum Gasteiger partial charge on any atom is -0.396 e. The van der Waals surface area contributed by atoms with Gasteiger partial charge in [0.25, 0.3) is 0 Å². The fraction of sp³-hybridized carbons (Fsp3) is 0.333. The van der Waals surface area contributed by atoms with Gasteiger partial charge in [0.2, 0.25) is 0 Å². The first-order chi connectivity index (χ1) is 6.15. The van der Waals surface area contributed by atoms with Gasteiger partial charge in [-0.2, -0.15) is 0 Å². The summed E-state index contributed by atoms with van der Waals surface area (Å²) in [6.07, 6.45) is 0.446. The first-order valence-electron chi connectivity index (χ1n) is 3.96. The summed E-state index contributed by atoms with van der Waals surface area (Å²) in [6, 6.07) is 4.04. The van der Waals surface area contributed by atoms with Gasteiger partial charge in [0.1, 0.15) is 5.82 Å². The molecule has 0 heterocycles. The van der Waals surface area contributed by atoms with Crippen LogP contribution in [0.4, 0.5) is 4.39 Å². The maximum Gasteiger partial charge on any atom is 0.141 e. The van der Waals surface area contributed by atoms with Gasteiger partial charge in [-0.25, -0.2) is 4.39 Å². The van der Waals surface area contributed by atoms with Crippen LogP contribution in [-0.4, -0.2) is 11.7 Å². The average Bonchev–Trinajstić information content (AvgIpc) is 2.10. The zero-order valence-corrected chi connectivity index (χ0v) is 7.76. The van der Waals surface area contributed by atoms with E-state index in [1.54, 1.807) is 6.07 Å². The lowest BCUT2D eigenvalue weighted by Crippen LogP contribution is -2.11. The van der Waals surface area contributed by atoms with Crippen LogP contribution in [0.5, 0.6) is 0 Å². The molecule has 0 spiro atoms. The SMILES string of the molecule is NC(CCO)c1ccc(F)c(Cl)c1. The molecule has 1 rings (SSSR count). The summed E-state index contributed by atoms with van der Waals surface area (Å²) in [5.41, 5.74) is 6.42. The smallest absolute Gasteiger partial charge is 0.141 e. The minimum absolute atomic E-state index is 0.0101. The summed E-state index contributed by atoms with van der Waals surface area (Å²) in [5.74, 6) is -0.457. The third-order valence-electron chi connectivity index (χ3n) is 1.81. The Hall–Kier alpha value is -0.640. The van der Waals surface area contributed by atoms with Gasteiger partial charge in [-0.15, -0.1) is 0 Å². The molecule has 0 saturated heterocycles. The Labute approximate surface area is 81.1 Å². The van der Waals surface area contributed by atoms with Crippen LogP contribution in [0.25, 0.3) is 0 Å². The van der Waals surface area contributed by atoms with Crippen molar-refractivity contribution < 1.29 is 9.50 Å². The molecule has 1 atom stereocenters. The van der Waals surface area contributed by atoms with Crippen molar-refractivity contribution in [2.24, 2.45) is 5.73 Å². The second-order valence-electron chi connectivity index (χ2n) is 2.79. The fourth-order valence-electron chi connectivity index (χ4n) is 1.05. The number of benzene rings is 1. The summed E-state index contributed by atoms with van der Waals surface area (Å²) in [6.45, 7) is 0.0101. The third kappa shape index (κ3) is 2.66. The Morgan fingerprint density at radius 1 is 1.54 bits per heavy atom. The average molecular weight is 204 g/mol. The molecule has 1 aromatic rings. The summed E-state index contributed by atoms with van der Waals surface area (Å²) >= 11 is 5.57. The van der Waals surface area contributed by atoms with E-state index >= 15 is 0 Å². The lowest BCUT2D eigenvalue weighted by molar-refractivity contribution is 0.276. The van der Waals surface area contributed by atoms with Crippen molar-refractivity contribution >= 4 is 11.6 Å². The van der Waals surface area contributed by atoms with Crippen molar-refractivity contribution in [3.05, 3.63) is 34.6 Å². The monoisotopic (exact) mass is 203 g/mol. The predicted molar refractivity (Wildman–Crippen MR) is 50.0 cm³/mol. The molecule has 0 aliphatic heterocycles. The van der Waals surface area contributed by atoms with Gasteiger partial charge in [0.05, 0.1) is 5.02 Å². The number of hydrogen-bond acceptors (Lipinski definition) is 2. The van der Waals surface area contributed by atoms with Gasteiger partial charge in [-0.3, -0.25) is 0 Å². The second kappa shape index (κ2) is 4.56. The number of nitrogens with two attached hydrogens (primary N) is 1. The molecule has 0 aromatic heterocycles. The van der Waals surface area contributed by atoms with E-state index in [4.69, 9.17) is 22.4 Å². The number of aliphatic hydroxyl groups is 1. The van der Waals surface area contributed by atoms with E-state index < -0.39 is 5.82 Å². The number of aliphatic hydroxyl groups excluding tert-OH is 1. The Morgan fingerprint density at radius 2 is 2.23 bits per heavy atom.